The van der Waals surface area contributed by atoms with Gasteiger partial charge in [0.15, 0.2) is 12.6 Å². The van der Waals surface area contributed by atoms with Gasteiger partial charge in [0, 0.05) is 26.7 Å². The van der Waals surface area contributed by atoms with Crippen LogP contribution in [0.15, 0.2) is 0 Å². The molecule has 4 aliphatic heterocycles. The highest BCUT2D eigenvalue weighted by atomic mass is 16.8. The number of carbonyl (C=O) groups excluding carboxylic acids is 2. The van der Waals surface area contributed by atoms with Crippen molar-refractivity contribution in [2.24, 2.45) is 0 Å². The van der Waals surface area contributed by atoms with Crippen LogP contribution in [0.2, 0.25) is 0 Å². The predicted octanol–water partition coefficient (Wildman–Crippen LogP) is -9.77. The third kappa shape index (κ3) is 10.6. The molecule has 27 heteroatoms. The van der Waals surface area contributed by atoms with Crippen molar-refractivity contribution in [3.8, 4) is 0 Å². The number of amides is 2. The number of rotatable bonds is 16. The molecule has 0 aromatic heterocycles. The van der Waals surface area contributed by atoms with Crippen LogP contribution >= 0.6 is 0 Å². The molecule has 340 valence electrons. The van der Waals surface area contributed by atoms with Crippen LogP contribution in [0.25, 0.3) is 0 Å². The number of carbonyl (C=O) groups is 4. The molecule has 0 aromatic rings. The van der Waals surface area contributed by atoms with Crippen molar-refractivity contribution in [3.05, 3.63) is 0 Å². The van der Waals surface area contributed by atoms with Gasteiger partial charge in [0.1, 0.15) is 85.3 Å². The van der Waals surface area contributed by atoms with Gasteiger partial charge in [-0.05, 0) is 0 Å². The summed E-state index contributed by atoms with van der Waals surface area (Å²) < 4.78 is 38.6. The Kier molecular flexibility index (Phi) is 16.4. The van der Waals surface area contributed by atoms with Crippen LogP contribution in [0.1, 0.15) is 26.7 Å². The van der Waals surface area contributed by atoms with E-state index in [4.69, 9.17) is 33.2 Å². The van der Waals surface area contributed by atoms with Crippen molar-refractivity contribution < 1.29 is 124 Å². The van der Waals surface area contributed by atoms with Crippen LogP contribution in [-0.2, 0) is 52.3 Å². The van der Waals surface area contributed by atoms with Gasteiger partial charge < -0.3 is 115 Å². The summed E-state index contributed by atoms with van der Waals surface area (Å²) in [4.78, 5) is 49.0. The van der Waals surface area contributed by atoms with Gasteiger partial charge in [0.05, 0.1) is 38.6 Å². The van der Waals surface area contributed by atoms with Gasteiger partial charge in [-0.25, -0.2) is 9.59 Å². The van der Waals surface area contributed by atoms with Gasteiger partial charge in [-0.1, -0.05) is 0 Å². The number of ether oxygens (including phenoxy) is 7. The second kappa shape index (κ2) is 19.9. The van der Waals surface area contributed by atoms with E-state index in [1.54, 1.807) is 0 Å². The SMILES string of the molecule is CC(=O)N[C@@H]1[C@@H](O)[C@H](O)[C@@H](CO[C@@H]2O[C@H](CO[C@]3(C(=O)O)C[C@@H](O[C@]4(C(=O)O)C[C@@H](O)[C@@H](O)[C@@H]([C@H](O)CO)O4)[C@@H](O)[C@@H]([C@H](O)CO)O3)[C@@H](O)[C@H](O)[C@H]2NC(C)=O)O[C@@H]1O. The van der Waals surface area contributed by atoms with Crippen LogP contribution in [0.5, 0.6) is 0 Å². The lowest BCUT2D eigenvalue weighted by Gasteiger charge is -2.50. The maximum atomic E-state index is 12.9. The van der Waals surface area contributed by atoms with Crippen LogP contribution in [0.4, 0.5) is 0 Å². The second-order valence-corrected chi connectivity index (χ2v) is 14.6. The molecule has 4 rings (SSSR count). The first-order valence-electron chi connectivity index (χ1n) is 18.2. The number of aliphatic hydroxyl groups excluding tert-OH is 12. The van der Waals surface area contributed by atoms with E-state index in [9.17, 15) is 90.7 Å². The van der Waals surface area contributed by atoms with Crippen molar-refractivity contribution in [1.29, 1.82) is 0 Å². The Morgan fingerprint density at radius 1 is 0.661 bits per heavy atom. The van der Waals surface area contributed by atoms with Gasteiger partial charge in [0.25, 0.3) is 11.6 Å². The lowest BCUT2D eigenvalue weighted by atomic mass is 9.90. The smallest absolute Gasteiger partial charge is 0.364 e. The van der Waals surface area contributed by atoms with E-state index < -0.39 is 185 Å². The molecule has 2 amide bonds. The molecule has 0 unspecified atom stereocenters. The van der Waals surface area contributed by atoms with E-state index >= 15 is 0 Å². The first-order chi connectivity index (χ1) is 27.5. The summed E-state index contributed by atoms with van der Waals surface area (Å²) in [5.41, 5.74) is 0. The maximum absolute atomic E-state index is 12.9. The molecule has 0 radical (unpaired) electrons. The number of carboxylic acid groups (broad SMARTS) is 2. The number of hydrogen-bond acceptors (Lipinski definition) is 23. The Morgan fingerprint density at radius 2 is 1.15 bits per heavy atom. The summed E-state index contributed by atoms with van der Waals surface area (Å²) in [5.74, 6) is -11.7. The molecule has 0 bridgehead atoms. The standard InChI is InChI=1S/C32H52N2O25/c1-9(37)33-17-23(46)20(43)15(55-27(17)48)7-53-28-18(34-10(2)38)24(47)21(44)16(56-28)8-54-31(29(49)50)4-14(22(45)26(58-31)13(41)6-36)57-32(30(51)52)3-11(39)19(42)25(59-32)12(40)5-35/h11-28,35-36,39-48H,3-8H2,1-2H3,(H,33,37)(H,34,38)(H,49,50)(H,51,52)/t11-,12-,13-,14-,15-,16-,17-,18-,19-,20-,21-,22-,23-,24-,25-,26-,27+,28-,31-,32-/m1/s1. The first kappa shape index (κ1) is 48.8. The zero-order valence-electron chi connectivity index (χ0n) is 31.4. The Hall–Kier alpha value is -2.88. The average molecular weight is 865 g/mol. The fraction of sp³-hybridized carbons (Fsp3) is 0.875. The molecule has 0 spiro atoms. The van der Waals surface area contributed by atoms with Crippen LogP contribution in [0.3, 0.4) is 0 Å². The molecule has 0 saturated carbocycles. The minimum absolute atomic E-state index is 0.674. The minimum Gasteiger partial charge on any atom is -0.477 e. The first-order valence-corrected chi connectivity index (χ1v) is 18.2. The lowest BCUT2D eigenvalue weighted by Crippen LogP contribution is -2.68. The van der Waals surface area contributed by atoms with E-state index in [-0.39, 0.29) is 0 Å². The lowest BCUT2D eigenvalue weighted by molar-refractivity contribution is -0.378. The van der Waals surface area contributed by atoms with Crippen molar-refractivity contribution in [1.82, 2.24) is 10.6 Å². The number of aliphatic carboxylic acids is 2. The molecule has 27 nitrogen and oxygen atoms in total. The van der Waals surface area contributed by atoms with Crippen LogP contribution < -0.4 is 10.6 Å². The second-order valence-electron chi connectivity index (χ2n) is 14.6. The van der Waals surface area contributed by atoms with Gasteiger partial charge in [-0.15, -0.1) is 0 Å². The Bertz CT molecular complexity index is 1460. The largest absolute Gasteiger partial charge is 0.477 e. The van der Waals surface area contributed by atoms with Crippen molar-refractivity contribution in [2.75, 3.05) is 26.4 Å². The molecular weight excluding hydrogens is 812 g/mol. The summed E-state index contributed by atoms with van der Waals surface area (Å²) in [5, 5.41) is 150. The topological polar surface area (TPSA) is 440 Å². The molecule has 4 aliphatic rings. The number of nitrogens with one attached hydrogen (secondary N) is 2. The van der Waals surface area contributed by atoms with E-state index in [2.05, 4.69) is 10.6 Å². The van der Waals surface area contributed by atoms with E-state index in [0.717, 1.165) is 13.8 Å². The fourth-order valence-electron chi connectivity index (χ4n) is 7.10. The van der Waals surface area contributed by atoms with Crippen LogP contribution in [-0.4, -0.2) is 243 Å². The van der Waals surface area contributed by atoms with Gasteiger partial charge in [-0.3, -0.25) is 9.59 Å². The Balaban J connectivity index is 1.60. The summed E-state index contributed by atoms with van der Waals surface area (Å²) in [6.45, 7) is -2.04. The fourth-order valence-corrected chi connectivity index (χ4v) is 7.10. The van der Waals surface area contributed by atoms with Gasteiger partial charge in [0.2, 0.25) is 11.8 Å². The molecule has 0 aliphatic carbocycles. The summed E-state index contributed by atoms with van der Waals surface area (Å²) in [6.07, 6.45) is -33.6. The molecule has 59 heavy (non-hydrogen) atoms. The summed E-state index contributed by atoms with van der Waals surface area (Å²) in [7, 11) is 0. The van der Waals surface area contributed by atoms with Gasteiger partial charge >= 0.3 is 11.9 Å². The van der Waals surface area contributed by atoms with Crippen molar-refractivity contribution in [2.45, 2.75) is 148 Å². The Labute approximate surface area is 333 Å². The maximum Gasteiger partial charge on any atom is 0.364 e. The highest BCUT2D eigenvalue weighted by Crippen LogP contribution is 2.40. The van der Waals surface area contributed by atoms with Crippen molar-refractivity contribution in [3.63, 3.8) is 0 Å². The highest BCUT2D eigenvalue weighted by molar-refractivity contribution is 5.77. The monoisotopic (exact) mass is 864 g/mol. The number of carboxylic acids is 2. The summed E-state index contributed by atoms with van der Waals surface area (Å²) >= 11 is 0. The van der Waals surface area contributed by atoms with Gasteiger partial charge in [-0.2, -0.15) is 0 Å². The molecule has 4 fully saturated rings. The number of aliphatic hydroxyl groups is 12. The predicted molar refractivity (Wildman–Crippen MR) is 179 cm³/mol. The van der Waals surface area contributed by atoms with E-state index in [0.29, 0.717) is 0 Å². The van der Waals surface area contributed by atoms with Crippen molar-refractivity contribution >= 4 is 23.8 Å². The number of hydrogen-bond donors (Lipinski definition) is 16. The highest BCUT2D eigenvalue weighted by Gasteiger charge is 2.61. The normalized spacial score (nSPS) is 43.9. The average Bonchev–Trinajstić information content (AvgIpc) is 3.17. The molecule has 4 saturated heterocycles. The molecular formula is C32H52N2O25. The summed E-state index contributed by atoms with van der Waals surface area (Å²) in [6, 6.07) is -3.05. The quantitative estimate of drug-likeness (QED) is 0.0685. The Morgan fingerprint density at radius 3 is 1.68 bits per heavy atom. The third-order valence-corrected chi connectivity index (χ3v) is 10.2. The third-order valence-electron chi connectivity index (χ3n) is 10.2. The molecule has 16 N–H and O–H groups in total. The molecule has 20 atom stereocenters. The zero-order valence-corrected chi connectivity index (χ0v) is 31.4. The molecule has 0 aromatic carbocycles. The zero-order chi connectivity index (χ0) is 44.3. The minimum atomic E-state index is -3.11. The van der Waals surface area contributed by atoms with Crippen LogP contribution in [0, 0.1) is 0 Å². The van der Waals surface area contributed by atoms with E-state index in [1.165, 1.54) is 0 Å². The molecule has 4 heterocycles. The van der Waals surface area contributed by atoms with E-state index in [1.807, 2.05) is 0 Å².